The number of likely N-dealkylation sites (tertiary alicyclic amines) is 1. The van der Waals surface area contributed by atoms with Crippen LogP contribution in [0.1, 0.15) is 53.7 Å². The summed E-state index contributed by atoms with van der Waals surface area (Å²) in [5.74, 6) is 0. The molecule has 3 atom stereocenters. The maximum Gasteiger partial charge on any atom is 0.416 e. The fourth-order valence-electron chi connectivity index (χ4n) is 6.42. The van der Waals surface area contributed by atoms with Gasteiger partial charge in [0.05, 0.1) is 54.9 Å². The molecule has 5 rings (SSSR count). The predicted molar refractivity (Wildman–Crippen MR) is 164 cm³/mol. The number of methoxy groups -OCH3 is 1. The molecule has 0 spiro atoms. The Labute approximate surface area is 274 Å². The highest BCUT2D eigenvalue weighted by atomic mass is 19.4. The maximum atomic E-state index is 14.2. The highest BCUT2D eigenvalue weighted by Crippen LogP contribution is 2.45. The van der Waals surface area contributed by atoms with Crippen LogP contribution in [0.15, 0.2) is 78.9 Å². The first-order valence-corrected chi connectivity index (χ1v) is 15.4. The van der Waals surface area contributed by atoms with Crippen molar-refractivity contribution in [2.75, 3.05) is 40.2 Å². The van der Waals surface area contributed by atoms with Crippen molar-refractivity contribution in [3.8, 4) is 0 Å². The number of amides is 1. The second kappa shape index (κ2) is 14.4. The fourth-order valence-corrected chi connectivity index (χ4v) is 6.42. The number of alkyl halides is 6. The van der Waals surface area contributed by atoms with E-state index in [9.17, 15) is 31.1 Å². The second-order valence-corrected chi connectivity index (χ2v) is 12.2. The van der Waals surface area contributed by atoms with Crippen molar-refractivity contribution in [1.29, 1.82) is 0 Å². The van der Waals surface area contributed by atoms with E-state index in [0.717, 1.165) is 5.56 Å². The van der Waals surface area contributed by atoms with E-state index in [0.29, 0.717) is 43.9 Å². The number of halogens is 6. The monoisotopic (exact) mass is 680 g/mol. The molecule has 0 saturated carbocycles. The Morgan fingerprint density at radius 2 is 1.44 bits per heavy atom. The van der Waals surface area contributed by atoms with Crippen LogP contribution < -0.4 is 10.9 Å². The van der Waals surface area contributed by atoms with Gasteiger partial charge in [0.1, 0.15) is 6.61 Å². The van der Waals surface area contributed by atoms with Crippen LogP contribution in [0.25, 0.3) is 0 Å². The van der Waals surface area contributed by atoms with Gasteiger partial charge in [-0.05, 0) is 54.7 Å². The average Bonchev–Trinajstić information content (AvgIpc) is 3.63. The van der Waals surface area contributed by atoms with Gasteiger partial charge in [-0.1, -0.05) is 60.7 Å². The maximum absolute atomic E-state index is 14.2. The minimum atomic E-state index is -5.01. The lowest BCUT2D eigenvalue weighted by Gasteiger charge is -2.55. The number of ether oxygens (including phenoxy) is 3. The first kappa shape index (κ1) is 35.6. The fraction of sp³-hybridized carbons (Fsp3) is 0.441. The minimum Gasteiger partial charge on any atom is -0.445 e. The predicted octanol–water partition coefficient (Wildman–Crippen LogP) is 6.84. The highest BCUT2D eigenvalue weighted by Gasteiger charge is 2.54. The molecule has 3 aromatic carbocycles. The summed E-state index contributed by atoms with van der Waals surface area (Å²) >= 11 is 0. The van der Waals surface area contributed by atoms with Crippen molar-refractivity contribution >= 4 is 6.09 Å². The molecular weight excluding hydrogens is 642 g/mol. The van der Waals surface area contributed by atoms with E-state index in [1.54, 1.807) is 30.2 Å². The van der Waals surface area contributed by atoms with Crippen LogP contribution in [0.5, 0.6) is 0 Å². The number of rotatable bonds is 10. The van der Waals surface area contributed by atoms with E-state index in [-0.39, 0.29) is 38.0 Å². The molecular formula is C34H38F6N4O4. The van der Waals surface area contributed by atoms with Gasteiger partial charge in [0, 0.05) is 13.7 Å². The van der Waals surface area contributed by atoms with Crippen LogP contribution in [-0.4, -0.2) is 61.6 Å². The van der Waals surface area contributed by atoms with Gasteiger partial charge < -0.3 is 14.2 Å². The number of carbonyl (C=O) groups excluding carboxylic acids is 1. The number of hydrogen-bond donors (Lipinski definition) is 2. The van der Waals surface area contributed by atoms with Gasteiger partial charge in [0.15, 0.2) is 0 Å². The van der Waals surface area contributed by atoms with Crippen LogP contribution in [0.4, 0.5) is 31.1 Å². The Morgan fingerprint density at radius 3 is 2.00 bits per heavy atom. The van der Waals surface area contributed by atoms with E-state index in [4.69, 9.17) is 14.2 Å². The quantitative estimate of drug-likeness (QED) is 0.227. The lowest BCUT2D eigenvalue weighted by molar-refractivity contribution is -0.143. The molecule has 0 aromatic heterocycles. The molecule has 0 aliphatic carbocycles. The summed E-state index contributed by atoms with van der Waals surface area (Å²) in [6, 6.07) is 19.6. The van der Waals surface area contributed by atoms with E-state index in [1.165, 1.54) is 6.92 Å². The van der Waals surface area contributed by atoms with Gasteiger partial charge in [-0.2, -0.15) is 26.3 Å². The molecule has 2 N–H and O–H groups in total. The highest BCUT2D eigenvalue weighted by molar-refractivity contribution is 5.70. The second-order valence-electron chi connectivity index (χ2n) is 12.2. The molecule has 0 bridgehead atoms. The summed E-state index contributed by atoms with van der Waals surface area (Å²) < 4.78 is 99.8. The Bertz CT molecular complexity index is 1490. The summed E-state index contributed by atoms with van der Waals surface area (Å²) in [6.45, 7) is 2.48. The first-order valence-electron chi connectivity index (χ1n) is 15.4. The van der Waals surface area contributed by atoms with Gasteiger partial charge in [-0.15, -0.1) is 0 Å². The number of carbonyl (C=O) groups is 1. The molecule has 14 heteroatoms. The number of nitrogens with zero attached hydrogens (tertiary/aromatic N) is 2. The van der Waals surface area contributed by atoms with Crippen LogP contribution in [0, 0.1) is 0 Å². The van der Waals surface area contributed by atoms with Crippen molar-refractivity contribution in [2.24, 2.45) is 0 Å². The number of benzene rings is 3. The number of hydrazine groups is 1. The molecule has 1 amide bonds. The van der Waals surface area contributed by atoms with Gasteiger partial charge in [0.25, 0.3) is 0 Å². The average molecular weight is 681 g/mol. The van der Waals surface area contributed by atoms with Gasteiger partial charge in [-0.25, -0.2) is 15.6 Å². The van der Waals surface area contributed by atoms with E-state index >= 15 is 0 Å². The Kier molecular flexibility index (Phi) is 10.7. The topological polar surface area (TPSA) is 75.3 Å². The number of nitrogens with one attached hydrogen (secondary N) is 2. The molecule has 2 saturated heterocycles. The van der Waals surface area contributed by atoms with E-state index in [1.807, 2.05) is 42.5 Å². The first-order chi connectivity index (χ1) is 22.8. The van der Waals surface area contributed by atoms with Crippen LogP contribution in [0.3, 0.4) is 0 Å². The molecule has 3 aromatic rings. The zero-order valence-electron chi connectivity index (χ0n) is 26.5. The largest absolute Gasteiger partial charge is 0.445 e. The summed E-state index contributed by atoms with van der Waals surface area (Å²) in [7, 11) is 1.57. The molecule has 48 heavy (non-hydrogen) atoms. The summed E-state index contributed by atoms with van der Waals surface area (Å²) in [6.07, 6.45) is -11.0. The summed E-state index contributed by atoms with van der Waals surface area (Å²) in [5.41, 5.74) is 2.60. The van der Waals surface area contributed by atoms with Gasteiger partial charge in [-0.3, -0.25) is 9.80 Å². The summed E-state index contributed by atoms with van der Waals surface area (Å²) in [5, 5.41) is 0. The Morgan fingerprint density at radius 1 is 0.854 bits per heavy atom. The van der Waals surface area contributed by atoms with Crippen molar-refractivity contribution in [1.82, 2.24) is 20.7 Å². The van der Waals surface area contributed by atoms with Crippen molar-refractivity contribution in [3.63, 3.8) is 0 Å². The third-order valence-corrected chi connectivity index (χ3v) is 9.11. The number of piperidine rings is 1. The lowest BCUT2D eigenvalue weighted by Crippen LogP contribution is -2.68. The molecule has 2 aliphatic rings. The zero-order valence-corrected chi connectivity index (χ0v) is 26.5. The Hall–Kier alpha value is -3.69. The Balaban J connectivity index is 1.53. The van der Waals surface area contributed by atoms with E-state index in [2.05, 4.69) is 15.8 Å². The van der Waals surface area contributed by atoms with Crippen LogP contribution in [0.2, 0.25) is 0 Å². The molecule has 2 aliphatic heterocycles. The normalized spacial score (nSPS) is 22.9. The standard InChI is InChI=1S/C34H38F6N4O4/c1-24(26-15-28(33(35,36)37)17-29(16-26)34(38,39)40)48-21-32(27-11-7-4-8-12-27)14-13-31(20-46-2,43-22-41-42-23-43)19-44(32)30(45)47-18-25-9-5-3-6-10-25/h3-12,15-17,24,41-42H,13-14,18-23H2,1-2H3/t24-,31?,32-/m1/s1. The van der Waals surface area contributed by atoms with Crippen LogP contribution >= 0.6 is 0 Å². The molecule has 2 fully saturated rings. The van der Waals surface area contributed by atoms with Crippen molar-refractivity contribution < 1.29 is 45.3 Å². The molecule has 260 valence electrons. The van der Waals surface area contributed by atoms with Crippen molar-refractivity contribution in [3.05, 3.63) is 107 Å². The zero-order chi connectivity index (χ0) is 34.6. The van der Waals surface area contributed by atoms with Crippen LogP contribution in [-0.2, 0) is 38.7 Å². The van der Waals surface area contributed by atoms with Gasteiger partial charge in [0.2, 0.25) is 0 Å². The minimum absolute atomic E-state index is 0.0210. The van der Waals surface area contributed by atoms with E-state index < -0.39 is 46.8 Å². The molecule has 8 nitrogen and oxygen atoms in total. The smallest absolute Gasteiger partial charge is 0.416 e. The molecule has 1 unspecified atom stereocenters. The third kappa shape index (κ3) is 7.78. The van der Waals surface area contributed by atoms with Gasteiger partial charge >= 0.3 is 18.4 Å². The van der Waals surface area contributed by atoms with Crippen molar-refractivity contribution in [2.45, 2.75) is 55.9 Å². The lowest BCUT2D eigenvalue weighted by atomic mass is 9.74. The number of hydrogen-bond acceptors (Lipinski definition) is 7. The third-order valence-electron chi connectivity index (χ3n) is 9.11. The molecule has 0 radical (unpaired) electrons. The molecule has 2 heterocycles. The SMILES string of the molecule is COCC1(N2CNNC2)CC[C@@](CO[C@H](C)c2cc(C(F)(F)F)cc(C(F)(F)F)c2)(c2ccccc2)N(C(=O)OCc2ccccc2)C1. The summed E-state index contributed by atoms with van der Waals surface area (Å²) in [4.78, 5) is 17.9.